The molecule has 7 nitrogen and oxygen atoms in total. The third kappa shape index (κ3) is 30.5. The summed E-state index contributed by atoms with van der Waals surface area (Å²) >= 11 is 0. The number of hydrogen-bond donors (Lipinski definition) is 2. The Kier molecular flexibility index (Phi) is 27.7. The van der Waals surface area contributed by atoms with Crippen molar-refractivity contribution in [3.05, 3.63) is 0 Å². The van der Waals surface area contributed by atoms with Gasteiger partial charge in [-0.15, -0.1) is 0 Å². The Labute approximate surface area is 241 Å². The SMILES string of the molecule is CC(O)CC(C)CC(C)CCCOCCCCOCOCOCCCCOCCCC(C)CC(C)CC(C)O. The second-order valence-corrected chi connectivity index (χ2v) is 12.2. The van der Waals surface area contributed by atoms with Crippen LogP contribution in [0.2, 0.25) is 0 Å². The molecule has 6 atom stereocenters. The molecule has 0 saturated carbocycles. The summed E-state index contributed by atoms with van der Waals surface area (Å²) in [7, 11) is 0. The van der Waals surface area contributed by atoms with Crippen molar-refractivity contribution in [3.63, 3.8) is 0 Å². The Morgan fingerprint density at radius 2 is 0.718 bits per heavy atom. The van der Waals surface area contributed by atoms with E-state index in [1.165, 1.54) is 25.7 Å². The molecule has 0 radical (unpaired) electrons. The molecule has 6 unspecified atom stereocenters. The highest BCUT2D eigenvalue weighted by Gasteiger charge is 2.12. The van der Waals surface area contributed by atoms with Crippen molar-refractivity contribution >= 4 is 0 Å². The van der Waals surface area contributed by atoms with Gasteiger partial charge in [0.2, 0.25) is 0 Å². The van der Waals surface area contributed by atoms with Gasteiger partial charge >= 0.3 is 0 Å². The van der Waals surface area contributed by atoms with Crippen LogP contribution in [-0.4, -0.2) is 75.6 Å². The largest absolute Gasteiger partial charge is 0.393 e. The van der Waals surface area contributed by atoms with E-state index < -0.39 is 0 Å². The van der Waals surface area contributed by atoms with Gasteiger partial charge in [0.25, 0.3) is 0 Å². The van der Waals surface area contributed by atoms with E-state index >= 15 is 0 Å². The normalized spacial score (nSPS) is 16.6. The first-order chi connectivity index (χ1) is 18.7. The number of rotatable bonds is 30. The molecule has 7 heteroatoms. The van der Waals surface area contributed by atoms with E-state index in [1.807, 2.05) is 13.8 Å². The summed E-state index contributed by atoms with van der Waals surface area (Å²) in [5, 5.41) is 18.9. The molecule has 0 aliphatic rings. The van der Waals surface area contributed by atoms with Crippen molar-refractivity contribution in [3.8, 4) is 0 Å². The Morgan fingerprint density at radius 3 is 1.08 bits per heavy atom. The molecule has 0 amide bonds. The maximum absolute atomic E-state index is 9.47. The molecular weight excluding hydrogens is 496 g/mol. The van der Waals surface area contributed by atoms with Crippen LogP contribution in [0.4, 0.5) is 0 Å². The number of hydrogen-bond acceptors (Lipinski definition) is 7. The van der Waals surface area contributed by atoms with E-state index in [4.69, 9.17) is 23.7 Å². The molecule has 0 aromatic heterocycles. The minimum atomic E-state index is -0.196. The molecule has 0 saturated heterocycles. The minimum Gasteiger partial charge on any atom is -0.393 e. The molecule has 0 fully saturated rings. The average molecular weight is 563 g/mol. The van der Waals surface area contributed by atoms with Crippen LogP contribution < -0.4 is 0 Å². The lowest BCUT2D eigenvalue weighted by molar-refractivity contribution is -0.132. The molecule has 0 bridgehead atoms. The Hall–Kier alpha value is -0.280. The van der Waals surface area contributed by atoms with E-state index in [-0.39, 0.29) is 25.8 Å². The molecular formula is C32H66O7. The van der Waals surface area contributed by atoms with Crippen LogP contribution in [0.1, 0.15) is 119 Å². The molecule has 0 rings (SSSR count). The number of aliphatic hydroxyl groups excluding tert-OH is 2. The summed E-state index contributed by atoms with van der Waals surface area (Å²) < 4.78 is 27.8. The fraction of sp³-hybridized carbons (Fsp3) is 1.00. The topological polar surface area (TPSA) is 86.6 Å². The van der Waals surface area contributed by atoms with Gasteiger partial charge in [-0.25, -0.2) is 0 Å². The van der Waals surface area contributed by atoms with Crippen molar-refractivity contribution in [2.75, 3.05) is 53.2 Å². The van der Waals surface area contributed by atoms with E-state index in [1.54, 1.807) is 0 Å². The predicted molar refractivity (Wildman–Crippen MR) is 160 cm³/mol. The fourth-order valence-electron chi connectivity index (χ4n) is 5.32. The minimum absolute atomic E-state index is 0.196. The first-order valence-electron chi connectivity index (χ1n) is 15.9. The van der Waals surface area contributed by atoms with E-state index in [0.29, 0.717) is 36.9 Å². The van der Waals surface area contributed by atoms with Gasteiger partial charge in [-0.2, -0.15) is 0 Å². The second-order valence-electron chi connectivity index (χ2n) is 12.2. The maximum atomic E-state index is 9.47. The van der Waals surface area contributed by atoms with Gasteiger partial charge in [-0.1, -0.05) is 27.7 Å². The fourth-order valence-corrected chi connectivity index (χ4v) is 5.32. The van der Waals surface area contributed by atoms with Crippen molar-refractivity contribution < 1.29 is 33.9 Å². The summed E-state index contributed by atoms with van der Waals surface area (Å²) in [5.41, 5.74) is 0. The van der Waals surface area contributed by atoms with Gasteiger partial charge in [0, 0.05) is 39.6 Å². The highest BCUT2D eigenvalue weighted by Crippen LogP contribution is 2.21. The molecule has 0 aromatic carbocycles. The Balaban J connectivity index is 3.24. The number of aliphatic hydroxyl groups is 2. The highest BCUT2D eigenvalue weighted by atomic mass is 16.7. The van der Waals surface area contributed by atoms with Gasteiger partial charge in [0.05, 0.1) is 12.2 Å². The standard InChI is InChI=1S/C32H66O7/c1-27(21-29(3)23-31(5)33)13-11-19-35-15-7-9-17-37-25-39-26-38-18-10-8-16-36-20-12-14-28(2)22-30(4)24-32(6)34/h27-34H,7-26H2,1-6H3. The van der Waals surface area contributed by atoms with Crippen LogP contribution in [0.5, 0.6) is 0 Å². The zero-order chi connectivity index (χ0) is 29.1. The Bertz CT molecular complexity index is 447. The summed E-state index contributed by atoms with van der Waals surface area (Å²) in [6, 6.07) is 0. The van der Waals surface area contributed by atoms with Crippen LogP contribution in [0.3, 0.4) is 0 Å². The Morgan fingerprint density at radius 1 is 0.385 bits per heavy atom. The zero-order valence-electron chi connectivity index (χ0n) is 26.5. The lowest BCUT2D eigenvalue weighted by Gasteiger charge is -2.18. The molecule has 0 spiro atoms. The summed E-state index contributed by atoms with van der Waals surface area (Å²) in [4.78, 5) is 0. The quantitative estimate of drug-likeness (QED) is 0.0722. The van der Waals surface area contributed by atoms with Crippen LogP contribution in [0, 0.1) is 23.7 Å². The van der Waals surface area contributed by atoms with Crippen molar-refractivity contribution in [2.45, 2.75) is 131 Å². The molecule has 2 N–H and O–H groups in total. The van der Waals surface area contributed by atoms with E-state index in [9.17, 15) is 10.2 Å². The van der Waals surface area contributed by atoms with E-state index in [2.05, 4.69) is 27.7 Å². The van der Waals surface area contributed by atoms with E-state index in [0.717, 1.165) is 77.8 Å². The summed E-state index contributed by atoms with van der Waals surface area (Å²) in [5.74, 6) is 2.54. The average Bonchev–Trinajstić information content (AvgIpc) is 2.83. The summed E-state index contributed by atoms with van der Waals surface area (Å²) in [6.45, 7) is 17.9. The molecule has 0 aromatic rings. The smallest absolute Gasteiger partial charge is 0.149 e. The summed E-state index contributed by atoms with van der Waals surface area (Å²) in [6.07, 6.45) is 12.3. The van der Waals surface area contributed by atoms with Gasteiger partial charge in [0.1, 0.15) is 13.6 Å². The van der Waals surface area contributed by atoms with Gasteiger partial charge < -0.3 is 33.9 Å². The molecule has 0 aliphatic carbocycles. The van der Waals surface area contributed by atoms with Crippen molar-refractivity contribution in [2.24, 2.45) is 23.7 Å². The molecule has 39 heavy (non-hydrogen) atoms. The highest BCUT2D eigenvalue weighted by molar-refractivity contribution is 4.63. The number of unbranched alkanes of at least 4 members (excludes halogenated alkanes) is 2. The van der Waals surface area contributed by atoms with Crippen molar-refractivity contribution in [1.82, 2.24) is 0 Å². The van der Waals surface area contributed by atoms with Gasteiger partial charge in [-0.05, 0) is 115 Å². The third-order valence-corrected chi connectivity index (χ3v) is 7.06. The lowest BCUT2D eigenvalue weighted by Crippen LogP contribution is -2.11. The zero-order valence-corrected chi connectivity index (χ0v) is 26.5. The van der Waals surface area contributed by atoms with Crippen LogP contribution in [0.15, 0.2) is 0 Å². The molecule has 0 aliphatic heterocycles. The molecule has 0 heterocycles. The lowest BCUT2D eigenvalue weighted by atomic mass is 9.90. The first-order valence-corrected chi connectivity index (χ1v) is 15.9. The van der Waals surface area contributed by atoms with Crippen LogP contribution >= 0.6 is 0 Å². The monoisotopic (exact) mass is 562 g/mol. The van der Waals surface area contributed by atoms with Crippen LogP contribution in [-0.2, 0) is 23.7 Å². The third-order valence-electron chi connectivity index (χ3n) is 7.06. The molecule has 236 valence electrons. The van der Waals surface area contributed by atoms with Gasteiger partial charge in [-0.3, -0.25) is 0 Å². The second kappa shape index (κ2) is 27.9. The van der Waals surface area contributed by atoms with Gasteiger partial charge in [0.15, 0.2) is 0 Å². The first kappa shape index (κ1) is 38.7. The maximum Gasteiger partial charge on any atom is 0.149 e. The number of ether oxygens (including phenoxy) is 5. The predicted octanol–water partition coefficient (Wildman–Crippen LogP) is 6.97. The van der Waals surface area contributed by atoms with Crippen molar-refractivity contribution in [1.29, 1.82) is 0 Å². The van der Waals surface area contributed by atoms with Crippen LogP contribution in [0.25, 0.3) is 0 Å².